The van der Waals surface area contributed by atoms with Gasteiger partial charge in [-0.25, -0.2) is 9.59 Å². The van der Waals surface area contributed by atoms with Crippen LogP contribution in [0.2, 0.25) is 0 Å². The third kappa shape index (κ3) is 4.82. The van der Waals surface area contributed by atoms with Crippen LogP contribution in [-0.2, 0) is 9.53 Å². The van der Waals surface area contributed by atoms with E-state index in [4.69, 9.17) is 4.74 Å². The van der Waals surface area contributed by atoms with Gasteiger partial charge in [-0.15, -0.1) is 0 Å². The minimum atomic E-state index is -1.13. The predicted octanol–water partition coefficient (Wildman–Crippen LogP) is 5.40. The molecule has 1 atom stereocenters. The molecule has 0 saturated carbocycles. The van der Waals surface area contributed by atoms with Gasteiger partial charge in [-0.1, -0.05) is 71.4 Å². The molecule has 34 heavy (non-hydrogen) atoms. The van der Waals surface area contributed by atoms with E-state index in [1.54, 1.807) is 19.1 Å². The van der Waals surface area contributed by atoms with Gasteiger partial charge < -0.3 is 15.2 Å². The molecule has 174 valence electrons. The Kier molecular flexibility index (Phi) is 6.98. The first-order chi connectivity index (χ1) is 16.4. The van der Waals surface area contributed by atoms with Crippen molar-refractivity contribution in [2.75, 3.05) is 11.9 Å². The summed E-state index contributed by atoms with van der Waals surface area (Å²) in [5, 5.41) is 14.3. The van der Waals surface area contributed by atoms with Crippen LogP contribution in [0.3, 0.4) is 0 Å². The van der Waals surface area contributed by atoms with Crippen molar-refractivity contribution in [1.29, 1.82) is 0 Å². The molecular weight excluding hydrogens is 500 g/mol. The predicted molar refractivity (Wildman–Crippen MR) is 132 cm³/mol. The van der Waals surface area contributed by atoms with Gasteiger partial charge in [0, 0.05) is 10.4 Å². The van der Waals surface area contributed by atoms with Crippen molar-refractivity contribution in [3.8, 4) is 11.1 Å². The number of amides is 2. The smallest absolute Gasteiger partial charge is 0.411 e. The maximum atomic E-state index is 12.7. The maximum Gasteiger partial charge on any atom is 0.411 e. The van der Waals surface area contributed by atoms with Gasteiger partial charge in [0.1, 0.15) is 12.6 Å². The molecule has 3 aromatic rings. The quantitative estimate of drug-likeness (QED) is 0.385. The molecule has 0 saturated heterocycles. The average Bonchev–Trinajstić information content (AvgIpc) is 3.14. The molecule has 7 nitrogen and oxygen atoms in total. The van der Waals surface area contributed by atoms with E-state index in [0.717, 1.165) is 22.3 Å². The fraction of sp³-hybridized carbons (Fsp3) is 0.192. The largest absolute Gasteiger partial charge is 0.480 e. The Labute approximate surface area is 205 Å². The van der Waals surface area contributed by atoms with Gasteiger partial charge in [-0.3, -0.25) is 10.1 Å². The van der Waals surface area contributed by atoms with Crippen LogP contribution in [0.25, 0.3) is 11.1 Å². The number of halogens is 1. The van der Waals surface area contributed by atoms with Crippen LogP contribution in [-0.4, -0.2) is 35.7 Å². The molecule has 1 aliphatic rings. The number of benzene rings is 3. The van der Waals surface area contributed by atoms with E-state index in [-0.39, 0.29) is 30.2 Å². The van der Waals surface area contributed by atoms with E-state index < -0.39 is 24.0 Å². The van der Waals surface area contributed by atoms with E-state index in [1.807, 2.05) is 36.4 Å². The first-order valence-corrected chi connectivity index (χ1v) is 11.6. The Bertz CT molecular complexity index is 1210. The number of nitrogens with one attached hydrogen (secondary N) is 2. The molecule has 0 fully saturated rings. The van der Waals surface area contributed by atoms with Crippen LogP contribution < -0.4 is 10.6 Å². The summed E-state index contributed by atoms with van der Waals surface area (Å²) in [6.07, 6.45) is -0.480. The van der Waals surface area contributed by atoms with Crippen LogP contribution >= 0.6 is 15.9 Å². The summed E-state index contributed by atoms with van der Waals surface area (Å²) in [4.78, 5) is 36.7. The summed E-state index contributed by atoms with van der Waals surface area (Å²) >= 11 is 3.33. The highest BCUT2D eigenvalue weighted by Gasteiger charge is 2.29. The van der Waals surface area contributed by atoms with Crippen LogP contribution in [0, 0.1) is 0 Å². The van der Waals surface area contributed by atoms with Gasteiger partial charge in [-0.2, -0.15) is 0 Å². The minimum absolute atomic E-state index is 0.0932. The topological polar surface area (TPSA) is 105 Å². The van der Waals surface area contributed by atoms with E-state index in [0.29, 0.717) is 4.47 Å². The van der Waals surface area contributed by atoms with Crippen LogP contribution in [0.1, 0.15) is 40.7 Å². The number of ether oxygens (including phenoxy) is 1. The second kappa shape index (κ2) is 10.1. The van der Waals surface area contributed by atoms with E-state index in [9.17, 15) is 19.5 Å². The first-order valence-electron chi connectivity index (χ1n) is 10.8. The molecule has 0 aromatic heterocycles. The number of aliphatic carboxylic acids is 1. The lowest BCUT2D eigenvalue weighted by Crippen LogP contribution is -2.40. The van der Waals surface area contributed by atoms with Crippen molar-refractivity contribution in [2.45, 2.75) is 25.3 Å². The van der Waals surface area contributed by atoms with Gasteiger partial charge in [0.2, 0.25) is 0 Å². The van der Waals surface area contributed by atoms with Gasteiger partial charge in [-0.05, 0) is 46.9 Å². The zero-order chi connectivity index (χ0) is 24.2. The van der Waals surface area contributed by atoms with Crippen molar-refractivity contribution >= 4 is 39.6 Å². The summed E-state index contributed by atoms with van der Waals surface area (Å²) in [5.41, 5.74) is 4.79. The third-order valence-corrected chi connectivity index (χ3v) is 6.31. The van der Waals surface area contributed by atoms with E-state index in [2.05, 4.69) is 38.7 Å². The number of fused-ring (bicyclic) bond motifs is 3. The second-order valence-electron chi connectivity index (χ2n) is 7.91. The number of carboxylic acids is 1. The maximum absolute atomic E-state index is 12.7. The molecule has 4 rings (SSSR count). The molecule has 0 unspecified atom stereocenters. The summed E-state index contributed by atoms with van der Waals surface area (Å²) in [7, 11) is 0. The fourth-order valence-corrected chi connectivity index (χ4v) is 4.50. The summed E-state index contributed by atoms with van der Waals surface area (Å²) < 4.78 is 6.21. The van der Waals surface area contributed by atoms with Gasteiger partial charge in [0.15, 0.2) is 0 Å². The fourth-order valence-electron chi connectivity index (χ4n) is 4.14. The molecule has 2 amide bonds. The normalized spacial score (nSPS) is 12.9. The number of rotatable bonds is 7. The highest BCUT2D eigenvalue weighted by atomic mass is 79.9. The van der Waals surface area contributed by atoms with Crippen molar-refractivity contribution in [3.63, 3.8) is 0 Å². The summed E-state index contributed by atoms with van der Waals surface area (Å²) in [6.45, 7) is 1.79. The number of carboxylic acid groups (broad SMARTS) is 1. The molecule has 3 aromatic carbocycles. The van der Waals surface area contributed by atoms with Gasteiger partial charge >= 0.3 is 12.1 Å². The molecule has 0 aliphatic heterocycles. The Morgan fingerprint density at radius 2 is 1.62 bits per heavy atom. The van der Waals surface area contributed by atoms with Crippen LogP contribution in [0.5, 0.6) is 0 Å². The number of anilines is 1. The Hall–Kier alpha value is -3.65. The van der Waals surface area contributed by atoms with E-state index >= 15 is 0 Å². The monoisotopic (exact) mass is 522 g/mol. The standard InChI is InChI=1S/C26H23BrN2O5/c1-2-22(25(31)32)28-24(30)20-12-11-15(27)13-23(20)29-26(33)34-14-21-18-9-5-3-7-16(18)17-8-4-6-10-19(17)21/h3-13,21-22H,2,14H2,1H3,(H,28,30)(H,29,33)(H,31,32)/t22-/m1/s1. The molecule has 8 heteroatoms. The summed E-state index contributed by atoms with van der Waals surface area (Å²) in [5.74, 6) is -1.82. The van der Waals surface area contributed by atoms with Crippen molar-refractivity contribution in [2.24, 2.45) is 0 Å². The molecule has 0 spiro atoms. The van der Waals surface area contributed by atoms with Crippen molar-refractivity contribution in [1.82, 2.24) is 5.32 Å². The van der Waals surface area contributed by atoms with Crippen LogP contribution in [0.4, 0.5) is 10.5 Å². The molecular formula is C26H23BrN2O5. The van der Waals surface area contributed by atoms with Crippen molar-refractivity contribution in [3.05, 3.63) is 87.9 Å². The number of hydrogen-bond donors (Lipinski definition) is 3. The molecule has 3 N–H and O–H groups in total. The Morgan fingerprint density at radius 1 is 1.00 bits per heavy atom. The van der Waals surface area contributed by atoms with Crippen LogP contribution in [0.15, 0.2) is 71.2 Å². The lowest BCUT2D eigenvalue weighted by molar-refractivity contribution is -0.139. The van der Waals surface area contributed by atoms with Gasteiger partial charge in [0.25, 0.3) is 5.91 Å². The molecule has 0 bridgehead atoms. The number of carbonyl (C=O) groups excluding carboxylic acids is 2. The van der Waals surface area contributed by atoms with Gasteiger partial charge in [0.05, 0.1) is 11.3 Å². The third-order valence-electron chi connectivity index (χ3n) is 5.82. The van der Waals surface area contributed by atoms with E-state index in [1.165, 1.54) is 6.07 Å². The second-order valence-corrected chi connectivity index (χ2v) is 8.83. The first kappa shape index (κ1) is 23.5. The molecule has 1 aliphatic carbocycles. The number of hydrogen-bond acceptors (Lipinski definition) is 4. The zero-order valence-electron chi connectivity index (χ0n) is 18.4. The molecule has 0 heterocycles. The zero-order valence-corrected chi connectivity index (χ0v) is 20.0. The Morgan fingerprint density at radius 3 is 2.21 bits per heavy atom. The minimum Gasteiger partial charge on any atom is -0.480 e. The Balaban J connectivity index is 1.48. The average molecular weight is 523 g/mol. The SMILES string of the molecule is CC[C@@H](NC(=O)c1ccc(Br)cc1NC(=O)OCC1c2ccccc2-c2ccccc21)C(=O)O. The number of carbonyl (C=O) groups is 3. The lowest BCUT2D eigenvalue weighted by atomic mass is 9.98. The highest BCUT2D eigenvalue weighted by Crippen LogP contribution is 2.44. The van der Waals surface area contributed by atoms with Crippen molar-refractivity contribution < 1.29 is 24.2 Å². The molecule has 0 radical (unpaired) electrons. The lowest BCUT2D eigenvalue weighted by Gasteiger charge is -2.17. The summed E-state index contributed by atoms with van der Waals surface area (Å²) in [6, 6.07) is 19.8. The highest BCUT2D eigenvalue weighted by molar-refractivity contribution is 9.10.